The summed E-state index contributed by atoms with van der Waals surface area (Å²) < 4.78 is 13.0. The van der Waals surface area contributed by atoms with Crippen LogP contribution in [0.5, 0.6) is 0 Å². The third kappa shape index (κ3) is 3.93. The number of hydrogen-bond donors (Lipinski definition) is 2. The second kappa shape index (κ2) is 6.56. The summed E-state index contributed by atoms with van der Waals surface area (Å²) in [7, 11) is 0. The van der Waals surface area contributed by atoms with Crippen molar-refractivity contribution in [2.75, 3.05) is 25.0 Å². The van der Waals surface area contributed by atoms with Gasteiger partial charge in [0.25, 0.3) is 0 Å². The third-order valence-electron chi connectivity index (χ3n) is 3.82. The third-order valence-corrected chi connectivity index (χ3v) is 3.82. The quantitative estimate of drug-likeness (QED) is 0.889. The van der Waals surface area contributed by atoms with Crippen molar-refractivity contribution in [2.45, 2.75) is 19.8 Å². The van der Waals surface area contributed by atoms with Gasteiger partial charge in [-0.05, 0) is 43.5 Å². The fourth-order valence-electron chi connectivity index (χ4n) is 2.48. The fraction of sp³-hybridized carbons (Fsp3) is 0.467. The molecule has 0 unspecified atom stereocenters. The zero-order valence-corrected chi connectivity index (χ0v) is 11.9. The minimum atomic E-state index is -0.790. The summed E-state index contributed by atoms with van der Waals surface area (Å²) in [4.78, 5) is 24.6. The van der Waals surface area contributed by atoms with Crippen molar-refractivity contribution in [1.29, 1.82) is 0 Å². The Kier molecular flexibility index (Phi) is 4.77. The number of carbonyl (C=O) groups is 2. The highest BCUT2D eigenvalue weighted by atomic mass is 19.1. The first-order valence-corrected chi connectivity index (χ1v) is 6.98. The lowest BCUT2D eigenvalue weighted by Gasteiger charge is -2.30. The van der Waals surface area contributed by atoms with Gasteiger partial charge in [0.05, 0.1) is 12.5 Å². The summed E-state index contributed by atoms with van der Waals surface area (Å²) in [6.45, 7) is 2.85. The number of anilines is 1. The molecule has 2 rings (SSSR count). The van der Waals surface area contributed by atoms with Crippen LogP contribution in [-0.4, -0.2) is 41.5 Å². The SMILES string of the molecule is Cc1cc(F)ccc1NCC(=O)N1CCC(C(=O)O)CC1. The lowest BCUT2D eigenvalue weighted by molar-refractivity contribution is -0.145. The molecule has 1 amide bonds. The molecule has 1 aliphatic heterocycles. The minimum Gasteiger partial charge on any atom is -0.481 e. The molecule has 0 aromatic heterocycles. The Bertz CT molecular complexity index is 540. The number of carboxylic acid groups (broad SMARTS) is 1. The van der Waals surface area contributed by atoms with Crippen LogP contribution < -0.4 is 5.32 Å². The monoisotopic (exact) mass is 294 g/mol. The molecule has 1 heterocycles. The number of amides is 1. The molecule has 1 aromatic carbocycles. The smallest absolute Gasteiger partial charge is 0.306 e. The number of nitrogens with zero attached hydrogens (tertiary/aromatic N) is 1. The molecule has 1 aromatic rings. The van der Waals surface area contributed by atoms with Crippen LogP contribution in [0.25, 0.3) is 0 Å². The molecule has 6 heteroatoms. The molecule has 0 radical (unpaired) electrons. The molecule has 1 saturated heterocycles. The van der Waals surface area contributed by atoms with Crippen LogP contribution in [0.4, 0.5) is 10.1 Å². The van der Waals surface area contributed by atoms with Gasteiger partial charge in [0.15, 0.2) is 0 Å². The largest absolute Gasteiger partial charge is 0.481 e. The van der Waals surface area contributed by atoms with E-state index in [1.54, 1.807) is 17.9 Å². The Morgan fingerprint density at radius 1 is 1.38 bits per heavy atom. The molecule has 5 nitrogen and oxygen atoms in total. The molecule has 21 heavy (non-hydrogen) atoms. The maximum absolute atomic E-state index is 13.0. The number of likely N-dealkylation sites (tertiary alicyclic amines) is 1. The highest BCUT2D eigenvalue weighted by Gasteiger charge is 2.26. The number of hydrogen-bond acceptors (Lipinski definition) is 3. The first-order chi connectivity index (χ1) is 9.97. The molecular formula is C15H19FN2O3. The Balaban J connectivity index is 1.84. The molecule has 0 aliphatic carbocycles. The van der Waals surface area contributed by atoms with Crippen molar-refractivity contribution in [3.63, 3.8) is 0 Å². The number of aryl methyl sites for hydroxylation is 1. The predicted molar refractivity (Wildman–Crippen MR) is 76.6 cm³/mol. The van der Waals surface area contributed by atoms with E-state index in [0.717, 1.165) is 11.3 Å². The molecule has 1 fully saturated rings. The molecule has 1 aliphatic rings. The van der Waals surface area contributed by atoms with Gasteiger partial charge in [-0.1, -0.05) is 0 Å². The number of benzene rings is 1. The highest BCUT2D eigenvalue weighted by Crippen LogP contribution is 2.18. The Morgan fingerprint density at radius 3 is 2.62 bits per heavy atom. The van der Waals surface area contributed by atoms with Crippen molar-refractivity contribution in [1.82, 2.24) is 4.90 Å². The van der Waals surface area contributed by atoms with Crippen LogP contribution in [0.1, 0.15) is 18.4 Å². The molecule has 0 spiro atoms. The van der Waals surface area contributed by atoms with E-state index in [1.165, 1.54) is 12.1 Å². The summed E-state index contributed by atoms with van der Waals surface area (Å²) in [5.74, 6) is -1.51. The van der Waals surface area contributed by atoms with Crippen LogP contribution in [0.3, 0.4) is 0 Å². The summed E-state index contributed by atoms with van der Waals surface area (Å²) >= 11 is 0. The Hall–Kier alpha value is -2.11. The van der Waals surface area contributed by atoms with Gasteiger partial charge < -0.3 is 15.3 Å². The van der Waals surface area contributed by atoms with Crippen LogP contribution in [0, 0.1) is 18.7 Å². The molecule has 0 atom stereocenters. The van der Waals surface area contributed by atoms with Crippen molar-refractivity contribution in [2.24, 2.45) is 5.92 Å². The van der Waals surface area contributed by atoms with Gasteiger partial charge in [0.2, 0.25) is 5.91 Å². The molecular weight excluding hydrogens is 275 g/mol. The van der Waals surface area contributed by atoms with Gasteiger partial charge in [-0.2, -0.15) is 0 Å². The number of carboxylic acids is 1. The van der Waals surface area contributed by atoms with Gasteiger partial charge in [-0.3, -0.25) is 9.59 Å². The lowest BCUT2D eigenvalue weighted by Crippen LogP contribution is -2.42. The Morgan fingerprint density at radius 2 is 2.05 bits per heavy atom. The van der Waals surface area contributed by atoms with E-state index < -0.39 is 5.97 Å². The summed E-state index contributed by atoms with van der Waals surface area (Å²) in [5, 5.41) is 11.9. The zero-order valence-electron chi connectivity index (χ0n) is 11.9. The van der Waals surface area contributed by atoms with E-state index in [2.05, 4.69) is 5.32 Å². The summed E-state index contributed by atoms with van der Waals surface area (Å²) in [6.07, 6.45) is 0.993. The molecule has 0 bridgehead atoms. The van der Waals surface area contributed by atoms with E-state index in [0.29, 0.717) is 25.9 Å². The number of aliphatic carboxylic acids is 1. The van der Waals surface area contributed by atoms with E-state index >= 15 is 0 Å². The number of carbonyl (C=O) groups excluding carboxylic acids is 1. The minimum absolute atomic E-state index is 0.0671. The summed E-state index contributed by atoms with van der Waals surface area (Å²) in [5.41, 5.74) is 1.47. The van der Waals surface area contributed by atoms with Gasteiger partial charge >= 0.3 is 5.97 Å². The first kappa shape index (κ1) is 15.3. The van der Waals surface area contributed by atoms with Gasteiger partial charge in [0.1, 0.15) is 5.82 Å². The maximum Gasteiger partial charge on any atom is 0.306 e. The normalized spacial score (nSPS) is 15.8. The number of rotatable bonds is 4. The average Bonchev–Trinajstić information content (AvgIpc) is 2.46. The fourth-order valence-corrected chi connectivity index (χ4v) is 2.48. The van der Waals surface area contributed by atoms with E-state index in [9.17, 15) is 14.0 Å². The van der Waals surface area contributed by atoms with Crippen LogP contribution in [0.15, 0.2) is 18.2 Å². The molecule has 2 N–H and O–H groups in total. The lowest BCUT2D eigenvalue weighted by atomic mass is 9.97. The summed E-state index contributed by atoms with van der Waals surface area (Å²) in [6, 6.07) is 4.36. The van der Waals surface area contributed by atoms with Crippen molar-refractivity contribution >= 4 is 17.6 Å². The Labute approximate surface area is 122 Å². The number of piperidine rings is 1. The second-order valence-corrected chi connectivity index (χ2v) is 5.31. The van der Waals surface area contributed by atoms with E-state index in [-0.39, 0.29) is 24.2 Å². The topological polar surface area (TPSA) is 69.6 Å². The molecule has 114 valence electrons. The van der Waals surface area contributed by atoms with Crippen LogP contribution >= 0.6 is 0 Å². The van der Waals surface area contributed by atoms with E-state index in [1.807, 2.05) is 0 Å². The number of nitrogens with one attached hydrogen (secondary N) is 1. The second-order valence-electron chi connectivity index (χ2n) is 5.31. The van der Waals surface area contributed by atoms with Gasteiger partial charge in [0, 0.05) is 18.8 Å². The van der Waals surface area contributed by atoms with Crippen LogP contribution in [-0.2, 0) is 9.59 Å². The first-order valence-electron chi connectivity index (χ1n) is 6.98. The maximum atomic E-state index is 13.0. The van der Waals surface area contributed by atoms with Crippen molar-refractivity contribution in [3.05, 3.63) is 29.6 Å². The van der Waals surface area contributed by atoms with Gasteiger partial charge in [-0.15, -0.1) is 0 Å². The molecule has 0 saturated carbocycles. The zero-order chi connectivity index (χ0) is 15.4. The van der Waals surface area contributed by atoms with Crippen molar-refractivity contribution < 1.29 is 19.1 Å². The van der Waals surface area contributed by atoms with Gasteiger partial charge in [-0.25, -0.2) is 4.39 Å². The van der Waals surface area contributed by atoms with E-state index in [4.69, 9.17) is 5.11 Å². The highest BCUT2D eigenvalue weighted by molar-refractivity contribution is 5.81. The van der Waals surface area contributed by atoms with Crippen molar-refractivity contribution in [3.8, 4) is 0 Å². The standard InChI is InChI=1S/C15H19FN2O3/c1-10-8-12(16)2-3-13(10)17-9-14(19)18-6-4-11(5-7-18)15(20)21/h2-3,8,11,17H,4-7,9H2,1H3,(H,20,21). The number of halogens is 1. The average molecular weight is 294 g/mol. The van der Waals surface area contributed by atoms with Crippen LogP contribution in [0.2, 0.25) is 0 Å². The predicted octanol–water partition coefficient (Wildman–Crippen LogP) is 1.87.